The first-order chi connectivity index (χ1) is 10.7. The Morgan fingerprint density at radius 1 is 1.18 bits per heavy atom. The number of benzene rings is 2. The van der Waals surface area contributed by atoms with Gasteiger partial charge >= 0.3 is 0 Å². The molecule has 0 saturated heterocycles. The zero-order valence-electron chi connectivity index (χ0n) is 11.4. The molecule has 0 aliphatic heterocycles. The van der Waals surface area contributed by atoms with Crippen LogP contribution in [0.4, 0.5) is 0 Å². The molecule has 0 aliphatic rings. The van der Waals surface area contributed by atoms with Crippen LogP contribution in [0, 0.1) is 11.3 Å². The summed E-state index contributed by atoms with van der Waals surface area (Å²) in [6.45, 7) is 0. The van der Waals surface area contributed by atoms with Crippen molar-refractivity contribution in [2.24, 2.45) is 0 Å². The highest BCUT2D eigenvalue weighted by atomic mass is 35.5. The minimum atomic E-state index is -0.230. The molecule has 1 aromatic heterocycles. The Balaban J connectivity index is 2.04. The van der Waals surface area contributed by atoms with E-state index >= 15 is 0 Å². The smallest absolute Gasteiger partial charge is 0.259 e. The molecule has 0 aliphatic carbocycles. The van der Waals surface area contributed by atoms with Gasteiger partial charge in [-0.05, 0) is 35.9 Å². The van der Waals surface area contributed by atoms with Crippen molar-refractivity contribution in [3.8, 4) is 6.07 Å². The molecule has 0 saturated carbocycles. The lowest BCUT2D eigenvalue weighted by atomic mass is 10.1. The number of nitrogens with zero attached hydrogens (tertiary/aromatic N) is 2. The summed E-state index contributed by atoms with van der Waals surface area (Å²) in [5, 5.41) is 9.63. The van der Waals surface area contributed by atoms with Crippen LogP contribution < -0.4 is 5.56 Å². The summed E-state index contributed by atoms with van der Waals surface area (Å²) in [5.41, 5.74) is 1.75. The highest BCUT2D eigenvalue weighted by Crippen LogP contribution is 2.20. The second-order valence-corrected chi connectivity index (χ2v) is 5.06. The van der Waals surface area contributed by atoms with Gasteiger partial charge in [0.25, 0.3) is 5.56 Å². The number of aromatic amines is 1. The lowest BCUT2D eigenvalue weighted by molar-refractivity contribution is 1.14. The van der Waals surface area contributed by atoms with E-state index in [0.717, 1.165) is 5.56 Å². The van der Waals surface area contributed by atoms with Gasteiger partial charge in [-0.15, -0.1) is 0 Å². The number of halogens is 1. The van der Waals surface area contributed by atoms with E-state index in [1.165, 1.54) is 0 Å². The molecule has 0 spiro atoms. The van der Waals surface area contributed by atoms with Gasteiger partial charge in [0, 0.05) is 0 Å². The molecule has 0 atom stereocenters. The quantitative estimate of drug-likeness (QED) is 0.787. The van der Waals surface area contributed by atoms with Crippen LogP contribution in [0.25, 0.3) is 22.0 Å². The lowest BCUT2D eigenvalue weighted by Crippen LogP contribution is -2.10. The van der Waals surface area contributed by atoms with Gasteiger partial charge in [-0.1, -0.05) is 35.9 Å². The van der Waals surface area contributed by atoms with E-state index in [1.54, 1.807) is 48.5 Å². The van der Waals surface area contributed by atoms with E-state index in [4.69, 9.17) is 16.9 Å². The summed E-state index contributed by atoms with van der Waals surface area (Å²) in [6, 6.07) is 16.1. The minimum absolute atomic E-state index is 0.230. The van der Waals surface area contributed by atoms with Crippen LogP contribution in [0.5, 0.6) is 0 Å². The van der Waals surface area contributed by atoms with Crippen LogP contribution in [-0.4, -0.2) is 9.97 Å². The van der Waals surface area contributed by atoms with Gasteiger partial charge in [-0.25, -0.2) is 4.98 Å². The zero-order valence-corrected chi connectivity index (χ0v) is 12.1. The first kappa shape index (κ1) is 14.1. The van der Waals surface area contributed by atoms with Crippen LogP contribution >= 0.6 is 11.6 Å². The van der Waals surface area contributed by atoms with Crippen LogP contribution in [0.3, 0.4) is 0 Å². The molecule has 0 fully saturated rings. The molecule has 22 heavy (non-hydrogen) atoms. The van der Waals surface area contributed by atoms with Crippen molar-refractivity contribution in [2.45, 2.75) is 0 Å². The molecule has 0 amide bonds. The fourth-order valence-corrected chi connectivity index (χ4v) is 2.28. The molecule has 5 heteroatoms. The summed E-state index contributed by atoms with van der Waals surface area (Å²) in [5.74, 6) is 0.315. The number of nitrogens with one attached hydrogen (secondary N) is 1. The van der Waals surface area contributed by atoms with Gasteiger partial charge in [-0.2, -0.15) is 5.26 Å². The van der Waals surface area contributed by atoms with Crippen molar-refractivity contribution in [2.75, 3.05) is 0 Å². The van der Waals surface area contributed by atoms with Gasteiger partial charge in [0.2, 0.25) is 0 Å². The molecule has 1 heterocycles. The molecule has 2 aromatic carbocycles. The minimum Gasteiger partial charge on any atom is -0.305 e. The fraction of sp³-hybridized carbons (Fsp3) is 0. The molecule has 3 aromatic rings. The second-order valence-electron chi connectivity index (χ2n) is 4.66. The average Bonchev–Trinajstić information content (AvgIpc) is 2.55. The van der Waals surface area contributed by atoms with Gasteiger partial charge in [0.1, 0.15) is 0 Å². The maximum Gasteiger partial charge on any atom is 0.259 e. The van der Waals surface area contributed by atoms with Crippen LogP contribution in [0.1, 0.15) is 17.0 Å². The van der Waals surface area contributed by atoms with Crippen molar-refractivity contribution in [3.05, 3.63) is 75.8 Å². The number of hydrogen-bond donors (Lipinski definition) is 1. The Kier molecular flexibility index (Phi) is 3.73. The van der Waals surface area contributed by atoms with Crippen LogP contribution in [0.2, 0.25) is 0 Å². The van der Waals surface area contributed by atoms with E-state index in [-0.39, 0.29) is 5.56 Å². The van der Waals surface area contributed by atoms with Crippen molar-refractivity contribution in [3.63, 3.8) is 0 Å². The third-order valence-corrected chi connectivity index (χ3v) is 3.46. The highest BCUT2D eigenvalue weighted by Gasteiger charge is 2.06. The number of nitriles is 1. The maximum absolute atomic E-state index is 12.0. The molecule has 0 radical (unpaired) electrons. The second kappa shape index (κ2) is 5.84. The molecule has 0 bridgehead atoms. The summed E-state index contributed by atoms with van der Waals surface area (Å²) < 4.78 is 0. The first-order valence-electron chi connectivity index (χ1n) is 6.54. The summed E-state index contributed by atoms with van der Waals surface area (Å²) in [7, 11) is 0. The monoisotopic (exact) mass is 307 g/mol. The van der Waals surface area contributed by atoms with Gasteiger partial charge < -0.3 is 4.98 Å². The van der Waals surface area contributed by atoms with Gasteiger partial charge in [0.15, 0.2) is 5.82 Å². The molecule has 1 N–H and O–H groups in total. The summed E-state index contributed by atoms with van der Waals surface area (Å²) in [4.78, 5) is 19.1. The molecule has 3 rings (SSSR count). The Morgan fingerprint density at radius 2 is 1.91 bits per heavy atom. The van der Waals surface area contributed by atoms with Crippen molar-refractivity contribution in [1.82, 2.24) is 9.97 Å². The van der Waals surface area contributed by atoms with Crippen molar-refractivity contribution in [1.29, 1.82) is 5.26 Å². The molecule has 106 valence electrons. The number of aromatic nitrogens is 2. The van der Waals surface area contributed by atoms with E-state index in [1.807, 2.05) is 6.07 Å². The normalized spacial score (nSPS) is 11.4. The predicted molar refractivity (Wildman–Crippen MR) is 87.2 cm³/mol. The molecular formula is C17H10ClN3O. The van der Waals surface area contributed by atoms with E-state index in [9.17, 15) is 4.79 Å². The molecular weight excluding hydrogens is 298 g/mol. The SMILES string of the molecule is N#Cc1ccc(/C=C(/Cl)c2nc3ccccc3c(=O)[nH]2)cc1. The average molecular weight is 308 g/mol. The first-order valence-corrected chi connectivity index (χ1v) is 6.92. The standard InChI is InChI=1S/C17H10ClN3O/c18-14(9-11-5-7-12(10-19)8-6-11)16-20-15-4-2-1-3-13(15)17(22)21-16/h1-9H,(H,20,21,22)/b14-9+. The topological polar surface area (TPSA) is 69.5 Å². The summed E-state index contributed by atoms with van der Waals surface area (Å²) >= 11 is 6.25. The highest BCUT2D eigenvalue weighted by molar-refractivity contribution is 6.50. The van der Waals surface area contributed by atoms with E-state index < -0.39 is 0 Å². The van der Waals surface area contributed by atoms with Crippen molar-refractivity contribution < 1.29 is 0 Å². The Bertz CT molecular complexity index is 966. The van der Waals surface area contributed by atoms with E-state index in [0.29, 0.717) is 27.3 Å². The van der Waals surface area contributed by atoms with Crippen LogP contribution in [-0.2, 0) is 0 Å². The van der Waals surface area contributed by atoms with E-state index in [2.05, 4.69) is 16.0 Å². The van der Waals surface area contributed by atoms with Crippen LogP contribution in [0.15, 0.2) is 53.3 Å². The Hall–Kier alpha value is -2.90. The zero-order chi connectivity index (χ0) is 15.5. The lowest BCUT2D eigenvalue weighted by Gasteiger charge is -2.02. The maximum atomic E-state index is 12.0. The number of fused-ring (bicyclic) bond motifs is 1. The number of H-pyrrole nitrogens is 1. The molecule has 4 nitrogen and oxygen atoms in total. The molecule has 0 unspecified atom stereocenters. The number of rotatable bonds is 2. The number of hydrogen-bond acceptors (Lipinski definition) is 3. The fourth-order valence-electron chi connectivity index (χ4n) is 2.07. The predicted octanol–water partition coefficient (Wildman–Crippen LogP) is 3.53. The Labute approximate surface area is 131 Å². The van der Waals surface area contributed by atoms with Gasteiger partial charge in [0.05, 0.1) is 27.6 Å². The Morgan fingerprint density at radius 3 is 2.64 bits per heavy atom. The number of para-hydroxylation sites is 1. The van der Waals surface area contributed by atoms with Crippen molar-refractivity contribution >= 4 is 33.6 Å². The third-order valence-electron chi connectivity index (χ3n) is 3.17. The largest absolute Gasteiger partial charge is 0.305 e. The van der Waals surface area contributed by atoms with Gasteiger partial charge in [-0.3, -0.25) is 4.79 Å². The third kappa shape index (κ3) is 2.76. The summed E-state index contributed by atoms with van der Waals surface area (Å²) in [6.07, 6.45) is 1.69.